The van der Waals surface area contributed by atoms with Crippen LogP contribution in [-0.2, 0) is 11.3 Å². The smallest absolute Gasteiger partial charge is 0.242 e. The number of imidazole rings is 1. The molecule has 1 saturated carbocycles. The second-order valence-electron chi connectivity index (χ2n) is 5.64. The first kappa shape index (κ1) is 13.9. The fourth-order valence-corrected chi connectivity index (χ4v) is 2.80. The van der Waals surface area contributed by atoms with Crippen LogP contribution in [0.25, 0.3) is 11.0 Å². The summed E-state index contributed by atoms with van der Waals surface area (Å²) in [5.41, 5.74) is 8.45. The van der Waals surface area contributed by atoms with Gasteiger partial charge >= 0.3 is 0 Å². The molecule has 0 spiro atoms. The molecule has 1 aromatic heterocycles. The summed E-state index contributed by atoms with van der Waals surface area (Å²) in [6.07, 6.45) is 2.33. The summed E-state index contributed by atoms with van der Waals surface area (Å²) >= 11 is 0. The van der Waals surface area contributed by atoms with E-state index < -0.39 is 0 Å². The number of hydrogen-bond acceptors (Lipinski definition) is 3. The number of rotatable bonds is 5. The molecule has 0 atom stereocenters. The number of nitrogens with zero attached hydrogens (tertiary/aromatic N) is 3. The van der Waals surface area contributed by atoms with E-state index >= 15 is 0 Å². The van der Waals surface area contributed by atoms with Crippen molar-refractivity contribution in [2.75, 3.05) is 18.8 Å². The molecule has 1 fully saturated rings. The third kappa shape index (κ3) is 2.60. The number of aromatic nitrogens is 2. The second-order valence-corrected chi connectivity index (χ2v) is 5.64. The van der Waals surface area contributed by atoms with Gasteiger partial charge in [-0.25, -0.2) is 4.98 Å². The minimum absolute atomic E-state index is 0.151. The van der Waals surface area contributed by atoms with E-state index in [4.69, 9.17) is 10.7 Å². The van der Waals surface area contributed by atoms with Crippen LogP contribution in [0.2, 0.25) is 0 Å². The van der Waals surface area contributed by atoms with E-state index in [1.54, 1.807) is 0 Å². The average molecular weight is 286 g/mol. The van der Waals surface area contributed by atoms with Gasteiger partial charge in [-0.05, 0) is 44.9 Å². The Kier molecular flexibility index (Phi) is 3.57. The molecule has 3 rings (SSSR count). The highest BCUT2D eigenvalue weighted by Crippen LogP contribution is 2.40. The lowest BCUT2D eigenvalue weighted by Gasteiger charge is -2.19. The van der Waals surface area contributed by atoms with Crippen molar-refractivity contribution in [3.63, 3.8) is 0 Å². The zero-order chi connectivity index (χ0) is 15.0. The van der Waals surface area contributed by atoms with Crippen molar-refractivity contribution in [3.05, 3.63) is 24.0 Å². The molecule has 1 amide bonds. The molecule has 2 N–H and O–H groups in total. The second kappa shape index (κ2) is 5.39. The molecule has 0 radical (unpaired) electrons. The van der Waals surface area contributed by atoms with Gasteiger partial charge in [-0.1, -0.05) is 0 Å². The van der Waals surface area contributed by atoms with Crippen molar-refractivity contribution < 1.29 is 4.79 Å². The Labute approximate surface area is 124 Å². The molecule has 0 bridgehead atoms. The summed E-state index contributed by atoms with van der Waals surface area (Å²) in [5, 5.41) is 0. The maximum Gasteiger partial charge on any atom is 0.242 e. The van der Waals surface area contributed by atoms with Gasteiger partial charge in [0.2, 0.25) is 5.91 Å². The van der Waals surface area contributed by atoms with Crippen LogP contribution in [0.1, 0.15) is 38.4 Å². The number of carbonyl (C=O) groups is 1. The fraction of sp³-hybridized carbons (Fsp3) is 0.500. The molecule has 1 aromatic carbocycles. The summed E-state index contributed by atoms with van der Waals surface area (Å²) in [7, 11) is 0. The number of amides is 1. The SMILES string of the molecule is CCN(CC)C(=O)Cn1c(C2CC2)nc2cc(N)ccc21. The third-order valence-corrected chi connectivity index (χ3v) is 4.15. The van der Waals surface area contributed by atoms with E-state index in [9.17, 15) is 4.79 Å². The topological polar surface area (TPSA) is 64.2 Å². The van der Waals surface area contributed by atoms with E-state index in [1.807, 2.05) is 36.9 Å². The van der Waals surface area contributed by atoms with Crippen LogP contribution in [0.4, 0.5) is 5.69 Å². The Morgan fingerprint density at radius 3 is 2.71 bits per heavy atom. The highest BCUT2D eigenvalue weighted by Gasteiger charge is 2.30. The Morgan fingerprint density at radius 1 is 1.38 bits per heavy atom. The molecule has 1 aliphatic rings. The molecule has 21 heavy (non-hydrogen) atoms. The van der Waals surface area contributed by atoms with Gasteiger partial charge in [-0.3, -0.25) is 4.79 Å². The molecule has 5 nitrogen and oxygen atoms in total. The third-order valence-electron chi connectivity index (χ3n) is 4.15. The maximum atomic E-state index is 12.4. The molecule has 0 unspecified atom stereocenters. The number of fused-ring (bicyclic) bond motifs is 1. The van der Waals surface area contributed by atoms with Gasteiger partial charge in [0, 0.05) is 24.7 Å². The predicted molar refractivity (Wildman–Crippen MR) is 84.0 cm³/mol. The number of nitrogens with two attached hydrogens (primary N) is 1. The van der Waals surface area contributed by atoms with Crippen molar-refractivity contribution in [1.29, 1.82) is 0 Å². The summed E-state index contributed by atoms with van der Waals surface area (Å²) in [4.78, 5) is 19.0. The molecular weight excluding hydrogens is 264 g/mol. The summed E-state index contributed by atoms with van der Waals surface area (Å²) in [5.74, 6) is 1.69. The van der Waals surface area contributed by atoms with Crippen LogP contribution in [-0.4, -0.2) is 33.4 Å². The van der Waals surface area contributed by atoms with E-state index in [2.05, 4.69) is 4.57 Å². The first-order valence-electron chi connectivity index (χ1n) is 7.67. The van der Waals surface area contributed by atoms with Gasteiger partial charge < -0.3 is 15.2 Å². The van der Waals surface area contributed by atoms with E-state index in [-0.39, 0.29) is 5.91 Å². The Bertz CT molecular complexity index is 668. The lowest BCUT2D eigenvalue weighted by Crippen LogP contribution is -2.33. The normalized spacial score (nSPS) is 14.6. The zero-order valence-corrected chi connectivity index (χ0v) is 12.7. The maximum absolute atomic E-state index is 12.4. The van der Waals surface area contributed by atoms with Crippen LogP contribution in [0, 0.1) is 0 Å². The summed E-state index contributed by atoms with van der Waals surface area (Å²) in [6.45, 7) is 5.88. The Hall–Kier alpha value is -2.04. The minimum atomic E-state index is 0.151. The van der Waals surface area contributed by atoms with Crippen molar-refractivity contribution in [2.24, 2.45) is 0 Å². The molecule has 1 aliphatic carbocycles. The largest absolute Gasteiger partial charge is 0.399 e. The number of carbonyl (C=O) groups excluding carboxylic acids is 1. The van der Waals surface area contributed by atoms with E-state index in [1.165, 1.54) is 0 Å². The minimum Gasteiger partial charge on any atom is -0.399 e. The van der Waals surface area contributed by atoms with Crippen LogP contribution >= 0.6 is 0 Å². The fourth-order valence-electron chi connectivity index (χ4n) is 2.80. The van der Waals surface area contributed by atoms with Crippen LogP contribution < -0.4 is 5.73 Å². The quantitative estimate of drug-likeness (QED) is 0.858. The predicted octanol–water partition coefficient (Wildman–Crippen LogP) is 2.36. The highest BCUT2D eigenvalue weighted by molar-refractivity contribution is 5.83. The van der Waals surface area contributed by atoms with E-state index in [0.717, 1.165) is 42.8 Å². The Morgan fingerprint density at radius 2 is 2.10 bits per heavy atom. The summed E-state index contributed by atoms with van der Waals surface area (Å²) in [6, 6.07) is 5.73. The first-order chi connectivity index (χ1) is 10.1. The van der Waals surface area contributed by atoms with Crippen LogP contribution in [0.5, 0.6) is 0 Å². The first-order valence-corrected chi connectivity index (χ1v) is 7.67. The average Bonchev–Trinajstić information content (AvgIpc) is 3.24. The van der Waals surface area contributed by atoms with Gasteiger partial charge in [-0.2, -0.15) is 0 Å². The van der Waals surface area contributed by atoms with Crippen LogP contribution in [0.3, 0.4) is 0 Å². The van der Waals surface area contributed by atoms with E-state index in [0.29, 0.717) is 18.2 Å². The van der Waals surface area contributed by atoms with Crippen molar-refractivity contribution in [1.82, 2.24) is 14.5 Å². The van der Waals surface area contributed by atoms with Crippen molar-refractivity contribution in [3.8, 4) is 0 Å². The molecule has 2 aromatic rings. The number of anilines is 1. The number of likely N-dealkylation sites (N-methyl/N-ethyl adjacent to an activating group) is 1. The van der Waals surface area contributed by atoms with Crippen LogP contribution in [0.15, 0.2) is 18.2 Å². The number of nitrogen functional groups attached to an aromatic ring is 1. The standard InChI is InChI=1S/C16H22N4O/c1-3-19(4-2)15(21)10-20-14-8-7-12(17)9-13(14)18-16(20)11-5-6-11/h7-9,11H,3-6,10,17H2,1-2H3. The monoisotopic (exact) mass is 286 g/mol. The van der Waals surface area contributed by atoms with Gasteiger partial charge in [0.25, 0.3) is 0 Å². The molecule has 112 valence electrons. The molecule has 1 heterocycles. The molecule has 0 aliphatic heterocycles. The lowest BCUT2D eigenvalue weighted by atomic mass is 10.3. The highest BCUT2D eigenvalue weighted by atomic mass is 16.2. The zero-order valence-electron chi connectivity index (χ0n) is 12.7. The lowest BCUT2D eigenvalue weighted by molar-refractivity contribution is -0.131. The number of benzene rings is 1. The molecule has 5 heteroatoms. The summed E-state index contributed by atoms with van der Waals surface area (Å²) < 4.78 is 2.08. The van der Waals surface area contributed by atoms with Gasteiger partial charge in [-0.15, -0.1) is 0 Å². The molecule has 0 saturated heterocycles. The van der Waals surface area contributed by atoms with Gasteiger partial charge in [0.05, 0.1) is 11.0 Å². The van der Waals surface area contributed by atoms with Gasteiger partial charge in [0.15, 0.2) is 0 Å². The Balaban J connectivity index is 1.99. The number of hydrogen-bond donors (Lipinski definition) is 1. The van der Waals surface area contributed by atoms with Crippen molar-refractivity contribution in [2.45, 2.75) is 39.2 Å². The van der Waals surface area contributed by atoms with Crippen molar-refractivity contribution >= 4 is 22.6 Å². The van der Waals surface area contributed by atoms with Gasteiger partial charge in [0.1, 0.15) is 12.4 Å². The molecular formula is C16H22N4O.